The Kier molecular flexibility index (Phi) is 3.52. The maximum atomic E-state index is 13.0. The van der Waals surface area contributed by atoms with Crippen molar-refractivity contribution < 1.29 is 19.1 Å². The molecule has 1 aromatic rings. The number of carboxylic acid groups (broad SMARTS) is 1. The lowest BCUT2D eigenvalue weighted by Gasteiger charge is -2.21. The molecule has 18 heavy (non-hydrogen) atoms. The highest BCUT2D eigenvalue weighted by molar-refractivity contribution is 6.31. The van der Waals surface area contributed by atoms with Gasteiger partial charge >= 0.3 is 5.97 Å². The van der Waals surface area contributed by atoms with Crippen molar-refractivity contribution in [1.82, 2.24) is 4.90 Å². The number of benzene rings is 1. The first-order valence-corrected chi connectivity index (χ1v) is 5.87. The van der Waals surface area contributed by atoms with Gasteiger partial charge in [-0.3, -0.25) is 4.79 Å². The Morgan fingerprint density at radius 3 is 2.78 bits per heavy atom. The fourth-order valence-corrected chi connectivity index (χ4v) is 2.24. The van der Waals surface area contributed by atoms with E-state index in [0.717, 1.165) is 6.07 Å². The fraction of sp³-hybridized carbons (Fsp3) is 0.333. The fourth-order valence-electron chi connectivity index (χ4n) is 2.06. The van der Waals surface area contributed by atoms with Gasteiger partial charge in [0.25, 0.3) is 5.91 Å². The maximum absolute atomic E-state index is 13.0. The average Bonchev–Trinajstić information content (AvgIpc) is 2.81. The number of aliphatic carboxylic acids is 1. The van der Waals surface area contributed by atoms with E-state index in [1.54, 1.807) is 0 Å². The van der Waals surface area contributed by atoms with Gasteiger partial charge in [0, 0.05) is 12.1 Å². The molecule has 4 nitrogen and oxygen atoms in total. The van der Waals surface area contributed by atoms with Gasteiger partial charge in [0.15, 0.2) is 0 Å². The molecule has 0 aliphatic carbocycles. The predicted molar refractivity (Wildman–Crippen MR) is 63.1 cm³/mol. The summed E-state index contributed by atoms with van der Waals surface area (Å²) in [7, 11) is 0. The lowest BCUT2D eigenvalue weighted by Crippen LogP contribution is -2.40. The first kappa shape index (κ1) is 12.8. The van der Waals surface area contributed by atoms with Crippen molar-refractivity contribution in [1.29, 1.82) is 0 Å². The Balaban J connectivity index is 2.25. The third-order valence-corrected chi connectivity index (χ3v) is 3.25. The van der Waals surface area contributed by atoms with Gasteiger partial charge in [-0.1, -0.05) is 11.6 Å². The van der Waals surface area contributed by atoms with Crippen molar-refractivity contribution >= 4 is 23.5 Å². The summed E-state index contributed by atoms with van der Waals surface area (Å²) >= 11 is 5.60. The number of rotatable bonds is 2. The molecule has 2 rings (SSSR count). The number of halogens is 2. The minimum absolute atomic E-state index is 0.146. The lowest BCUT2D eigenvalue weighted by molar-refractivity contribution is -0.141. The largest absolute Gasteiger partial charge is 0.480 e. The highest BCUT2D eigenvalue weighted by Crippen LogP contribution is 2.22. The Morgan fingerprint density at radius 2 is 2.17 bits per heavy atom. The molecule has 1 N–H and O–H groups in total. The molecule has 0 unspecified atom stereocenters. The summed E-state index contributed by atoms with van der Waals surface area (Å²) in [5.74, 6) is -2.06. The molecule has 1 saturated heterocycles. The highest BCUT2D eigenvalue weighted by atomic mass is 35.5. The normalized spacial score (nSPS) is 19.0. The molecule has 1 atom stereocenters. The molecule has 0 aromatic heterocycles. The third-order valence-electron chi connectivity index (χ3n) is 2.97. The summed E-state index contributed by atoms with van der Waals surface area (Å²) in [6.45, 7) is 0.394. The van der Waals surface area contributed by atoms with E-state index >= 15 is 0 Å². The molecular weight excluding hydrogens is 261 g/mol. The monoisotopic (exact) mass is 271 g/mol. The Bertz CT molecular complexity index is 506. The van der Waals surface area contributed by atoms with Gasteiger partial charge < -0.3 is 10.0 Å². The number of nitrogens with zero attached hydrogens (tertiary/aromatic N) is 1. The first-order valence-electron chi connectivity index (χ1n) is 5.49. The molecule has 6 heteroatoms. The molecular formula is C12H11ClFNO3. The van der Waals surface area contributed by atoms with E-state index in [0.29, 0.717) is 19.4 Å². The molecule has 1 aliphatic rings. The summed E-state index contributed by atoms with van der Waals surface area (Å²) in [6, 6.07) is 2.82. The van der Waals surface area contributed by atoms with Crippen LogP contribution < -0.4 is 0 Å². The van der Waals surface area contributed by atoms with Crippen LogP contribution in [0.3, 0.4) is 0 Å². The van der Waals surface area contributed by atoms with Crippen LogP contribution >= 0.6 is 11.6 Å². The van der Waals surface area contributed by atoms with Gasteiger partial charge in [0.1, 0.15) is 11.9 Å². The minimum Gasteiger partial charge on any atom is -0.480 e. The van der Waals surface area contributed by atoms with Crippen LogP contribution in [0.1, 0.15) is 23.2 Å². The van der Waals surface area contributed by atoms with E-state index in [1.165, 1.54) is 17.0 Å². The van der Waals surface area contributed by atoms with E-state index in [-0.39, 0.29) is 10.6 Å². The molecule has 0 saturated carbocycles. The SMILES string of the molecule is O=C(O)[C@H]1CCCN1C(=O)c1ccc(F)c(Cl)c1. The van der Waals surface area contributed by atoms with Crippen LogP contribution in [0.4, 0.5) is 4.39 Å². The van der Waals surface area contributed by atoms with Crippen molar-refractivity contribution in [3.8, 4) is 0 Å². The van der Waals surface area contributed by atoms with E-state index in [1.807, 2.05) is 0 Å². The molecule has 1 heterocycles. The second-order valence-electron chi connectivity index (χ2n) is 4.12. The number of likely N-dealkylation sites (tertiary alicyclic amines) is 1. The van der Waals surface area contributed by atoms with Crippen molar-refractivity contribution in [2.24, 2.45) is 0 Å². The summed E-state index contributed by atoms with van der Waals surface area (Å²) in [5, 5.41) is 8.85. The average molecular weight is 272 g/mol. The topological polar surface area (TPSA) is 57.6 Å². The molecule has 0 bridgehead atoms. The van der Waals surface area contributed by atoms with Crippen LogP contribution in [0.5, 0.6) is 0 Å². The first-order chi connectivity index (χ1) is 8.50. The van der Waals surface area contributed by atoms with Crippen molar-refractivity contribution in [3.63, 3.8) is 0 Å². The third kappa shape index (κ3) is 2.31. The zero-order valence-corrected chi connectivity index (χ0v) is 10.2. The summed E-state index contributed by atoms with van der Waals surface area (Å²) < 4.78 is 13.0. The summed E-state index contributed by atoms with van der Waals surface area (Å²) in [5.41, 5.74) is 0.203. The molecule has 1 fully saturated rings. The number of hydrogen-bond donors (Lipinski definition) is 1. The van der Waals surface area contributed by atoms with Gasteiger partial charge in [0.2, 0.25) is 0 Å². The van der Waals surface area contributed by atoms with E-state index < -0.39 is 23.7 Å². The van der Waals surface area contributed by atoms with Gasteiger partial charge in [-0.25, -0.2) is 9.18 Å². The predicted octanol–water partition coefficient (Wildman–Crippen LogP) is 2.17. The molecule has 1 aromatic carbocycles. The smallest absolute Gasteiger partial charge is 0.326 e. The molecule has 0 radical (unpaired) electrons. The van der Waals surface area contributed by atoms with Crippen LogP contribution in [0.2, 0.25) is 5.02 Å². The maximum Gasteiger partial charge on any atom is 0.326 e. The van der Waals surface area contributed by atoms with Crippen LogP contribution in [-0.4, -0.2) is 34.5 Å². The van der Waals surface area contributed by atoms with E-state index in [2.05, 4.69) is 0 Å². The second kappa shape index (κ2) is 4.94. The standard InChI is InChI=1S/C12H11ClFNO3/c13-8-6-7(3-4-9(8)14)11(16)15-5-1-2-10(15)12(17)18/h3-4,6,10H,1-2,5H2,(H,17,18)/t10-/m1/s1. The van der Waals surface area contributed by atoms with Gasteiger partial charge in [0.05, 0.1) is 5.02 Å². The second-order valence-corrected chi connectivity index (χ2v) is 4.53. The lowest BCUT2D eigenvalue weighted by atomic mass is 10.1. The molecule has 96 valence electrons. The minimum atomic E-state index is -1.02. The van der Waals surface area contributed by atoms with Crippen molar-refractivity contribution in [2.45, 2.75) is 18.9 Å². The molecule has 1 aliphatic heterocycles. The molecule has 0 spiro atoms. The van der Waals surface area contributed by atoms with Crippen LogP contribution in [0, 0.1) is 5.82 Å². The zero-order valence-electron chi connectivity index (χ0n) is 9.40. The Morgan fingerprint density at radius 1 is 1.44 bits per heavy atom. The summed E-state index contributed by atoms with van der Waals surface area (Å²) in [4.78, 5) is 24.4. The van der Waals surface area contributed by atoms with Gasteiger partial charge in [-0.2, -0.15) is 0 Å². The van der Waals surface area contributed by atoms with E-state index in [4.69, 9.17) is 16.7 Å². The quantitative estimate of drug-likeness (QED) is 0.897. The van der Waals surface area contributed by atoms with Crippen LogP contribution in [0.15, 0.2) is 18.2 Å². The number of hydrogen-bond acceptors (Lipinski definition) is 2. The number of carboxylic acids is 1. The zero-order chi connectivity index (χ0) is 13.3. The van der Waals surface area contributed by atoms with Crippen LogP contribution in [-0.2, 0) is 4.79 Å². The Hall–Kier alpha value is -1.62. The number of carbonyl (C=O) groups excluding carboxylic acids is 1. The van der Waals surface area contributed by atoms with Gasteiger partial charge in [-0.05, 0) is 31.0 Å². The number of carbonyl (C=O) groups is 2. The van der Waals surface area contributed by atoms with Gasteiger partial charge in [-0.15, -0.1) is 0 Å². The Labute approximate surface area is 108 Å². The number of amides is 1. The summed E-state index contributed by atoms with van der Waals surface area (Å²) in [6.07, 6.45) is 1.09. The van der Waals surface area contributed by atoms with Crippen molar-refractivity contribution in [3.05, 3.63) is 34.6 Å². The molecule has 1 amide bonds. The van der Waals surface area contributed by atoms with E-state index in [9.17, 15) is 14.0 Å². The van der Waals surface area contributed by atoms with Crippen molar-refractivity contribution in [2.75, 3.05) is 6.54 Å². The highest BCUT2D eigenvalue weighted by Gasteiger charge is 2.34. The van der Waals surface area contributed by atoms with Crippen LogP contribution in [0.25, 0.3) is 0 Å².